The Kier molecular flexibility index (Phi) is 5.61. The normalized spacial score (nSPS) is 9.78. The average Bonchev–Trinajstić information content (AvgIpc) is 2.55. The first-order chi connectivity index (χ1) is 11.0. The molecule has 2 aromatic carbocycles. The van der Waals surface area contributed by atoms with Gasteiger partial charge in [0.1, 0.15) is 0 Å². The van der Waals surface area contributed by atoms with Crippen LogP contribution in [0.1, 0.15) is 10.4 Å². The van der Waals surface area contributed by atoms with Gasteiger partial charge in [-0.15, -0.1) is 0 Å². The van der Waals surface area contributed by atoms with Crippen LogP contribution in [0, 0.1) is 10.1 Å². The number of benzene rings is 2. The van der Waals surface area contributed by atoms with Gasteiger partial charge < -0.3 is 5.32 Å². The van der Waals surface area contributed by atoms with E-state index in [9.17, 15) is 14.9 Å². The third kappa shape index (κ3) is 5.01. The lowest BCUT2D eigenvalue weighted by atomic mass is 10.2. The Bertz CT molecular complexity index is 752. The van der Waals surface area contributed by atoms with Gasteiger partial charge in [-0.25, -0.2) is 0 Å². The number of amides is 1. The highest BCUT2D eigenvalue weighted by Gasteiger charge is 2.11. The molecule has 23 heavy (non-hydrogen) atoms. The molecule has 0 heterocycles. The molecule has 0 spiro atoms. The first-order valence-corrected chi connectivity index (χ1v) is 7.53. The molecule has 118 valence electrons. The minimum Gasteiger partial charge on any atom is -0.331 e. The SMILES string of the molecule is O=C(NNC(=S)Nc1ccc(Br)cc1)c1cccc([N+](=O)[O-])c1. The van der Waals surface area contributed by atoms with Crippen LogP contribution in [-0.4, -0.2) is 15.9 Å². The summed E-state index contributed by atoms with van der Waals surface area (Å²) >= 11 is 8.37. The second-order valence-corrected chi connectivity index (χ2v) is 5.67. The second kappa shape index (κ2) is 7.65. The largest absolute Gasteiger partial charge is 0.331 e. The van der Waals surface area contributed by atoms with E-state index >= 15 is 0 Å². The number of nitro groups is 1. The monoisotopic (exact) mass is 394 g/mol. The van der Waals surface area contributed by atoms with E-state index in [-0.39, 0.29) is 16.4 Å². The molecule has 0 aromatic heterocycles. The molecule has 0 atom stereocenters. The fourth-order valence-corrected chi connectivity index (χ4v) is 2.08. The van der Waals surface area contributed by atoms with Crippen LogP contribution in [0.2, 0.25) is 0 Å². The molecule has 0 radical (unpaired) electrons. The molecule has 1 amide bonds. The number of hydrogen-bond donors (Lipinski definition) is 3. The van der Waals surface area contributed by atoms with Crippen molar-refractivity contribution in [3.05, 3.63) is 68.7 Å². The molecule has 0 bridgehead atoms. The number of non-ortho nitro benzene ring substituents is 1. The van der Waals surface area contributed by atoms with E-state index in [1.165, 1.54) is 24.3 Å². The van der Waals surface area contributed by atoms with Gasteiger partial charge in [-0.1, -0.05) is 22.0 Å². The summed E-state index contributed by atoms with van der Waals surface area (Å²) in [5.41, 5.74) is 5.64. The zero-order valence-electron chi connectivity index (χ0n) is 11.6. The van der Waals surface area contributed by atoms with Crippen molar-refractivity contribution in [3.63, 3.8) is 0 Å². The molecule has 0 unspecified atom stereocenters. The lowest BCUT2D eigenvalue weighted by Crippen LogP contribution is -2.43. The van der Waals surface area contributed by atoms with Crippen LogP contribution in [0.4, 0.5) is 11.4 Å². The van der Waals surface area contributed by atoms with Crippen molar-refractivity contribution in [3.8, 4) is 0 Å². The first kappa shape index (κ1) is 16.8. The number of nitrogens with zero attached hydrogens (tertiary/aromatic N) is 1. The number of carbonyl (C=O) groups is 1. The number of anilines is 1. The zero-order valence-corrected chi connectivity index (χ0v) is 14.0. The van der Waals surface area contributed by atoms with E-state index in [2.05, 4.69) is 32.1 Å². The van der Waals surface area contributed by atoms with Gasteiger partial charge in [-0.2, -0.15) is 0 Å². The predicted molar refractivity (Wildman–Crippen MR) is 94.1 cm³/mol. The summed E-state index contributed by atoms with van der Waals surface area (Å²) in [7, 11) is 0. The van der Waals surface area contributed by atoms with Crippen molar-refractivity contribution in [2.45, 2.75) is 0 Å². The molecule has 9 heteroatoms. The van der Waals surface area contributed by atoms with Crippen molar-refractivity contribution in [1.29, 1.82) is 0 Å². The van der Waals surface area contributed by atoms with E-state index in [1.54, 1.807) is 12.1 Å². The van der Waals surface area contributed by atoms with Crippen LogP contribution in [0.25, 0.3) is 0 Å². The van der Waals surface area contributed by atoms with Gasteiger partial charge in [0.15, 0.2) is 5.11 Å². The van der Waals surface area contributed by atoms with E-state index in [0.29, 0.717) is 0 Å². The summed E-state index contributed by atoms with van der Waals surface area (Å²) in [4.78, 5) is 22.1. The number of nitrogens with one attached hydrogen (secondary N) is 3. The van der Waals surface area contributed by atoms with Crippen LogP contribution >= 0.6 is 28.1 Å². The van der Waals surface area contributed by atoms with E-state index in [0.717, 1.165) is 10.2 Å². The lowest BCUT2D eigenvalue weighted by molar-refractivity contribution is -0.384. The summed E-state index contributed by atoms with van der Waals surface area (Å²) in [6.07, 6.45) is 0. The van der Waals surface area contributed by atoms with Gasteiger partial charge in [-0.05, 0) is 42.5 Å². The Balaban J connectivity index is 1.91. The fraction of sp³-hybridized carbons (Fsp3) is 0. The molecule has 7 nitrogen and oxygen atoms in total. The Labute approximate surface area is 145 Å². The third-order valence-electron chi connectivity index (χ3n) is 2.71. The number of hydrazine groups is 1. The molecule has 0 aliphatic heterocycles. The summed E-state index contributed by atoms with van der Waals surface area (Å²) < 4.78 is 0.931. The molecule has 0 saturated heterocycles. The van der Waals surface area contributed by atoms with E-state index < -0.39 is 10.8 Å². The van der Waals surface area contributed by atoms with Gasteiger partial charge in [0.25, 0.3) is 11.6 Å². The number of rotatable bonds is 3. The Hall–Kier alpha value is -2.52. The first-order valence-electron chi connectivity index (χ1n) is 6.33. The van der Waals surface area contributed by atoms with Crippen molar-refractivity contribution >= 4 is 50.5 Å². The molecule has 0 saturated carbocycles. The van der Waals surface area contributed by atoms with Crippen LogP contribution in [-0.2, 0) is 0 Å². The van der Waals surface area contributed by atoms with Crippen molar-refractivity contribution < 1.29 is 9.72 Å². The highest BCUT2D eigenvalue weighted by atomic mass is 79.9. The second-order valence-electron chi connectivity index (χ2n) is 4.35. The summed E-state index contributed by atoms with van der Waals surface area (Å²) in [6.45, 7) is 0. The summed E-state index contributed by atoms with van der Waals surface area (Å²) in [5, 5.41) is 13.8. The Morgan fingerprint density at radius 2 is 1.83 bits per heavy atom. The standard InChI is InChI=1S/C14H11BrN4O3S/c15-10-4-6-11(7-5-10)16-14(23)18-17-13(20)9-2-1-3-12(8-9)19(21)22/h1-8H,(H,17,20)(H2,16,18,23). The summed E-state index contributed by atoms with van der Waals surface area (Å²) in [6, 6.07) is 12.7. The number of carbonyl (C=O) groups excluding carboxylic acids is 1. The number of hydrogen-bond acceptors (Lipinski definition) is 4. The van der Waals surface area contributed by atoms with Crippen LogP contribution < -0.4 is 16.2 Å². The lowest BCUT2D eigenvalue weighted by Gasteiger charge is -2.11. The van der Waals surface area contributed by atoms with Gasteiger partial charge in [0.05, 0.1) is 4.92 Å². The molecule has 0 fully saturated rings. The van der Waals surface area contributed by atoms with Crippen LogP contribution in [0.3, 0.4) is 0 Å². The number of nitro benzene ring substituents is 1. The van der Waals surface area contributed by atoms with E-state index in [1.807, 2.05) is 12.1 Å². The molecular formula is C14H11BrN4O3S. The molecular weight excluding hydrogens is 384 g/mol. The maximum Gasteiger partial charge on any atom is 0.270 e. The zero-order chi connectivity index (χ0) is 16.8. The van der Waals surface area contributed by atoms with Gasteiger partial charge in [-0.3, -0.25) is 25.8 Å². The van der Waals surface area contributed by atoms with Crippen molar-refractivity contribution in [2.75, 3.05) is 5.32 Å². The third-order valence-corrected chi connectivity index (χ3v) is 3.44. The topological polar surface area (TPSA) is 96.3 Å². The molecule has 2 aromatic rings. The minimum absolute atomic E-state index is 0.151. The van der Waals surface area contributed by atoms with E-state index in [4.69, 9.17) is 12.2 Å². The van der Waals surface area contributed by atoms with Gasteiger partial charge >= 0.3 is 0 Å². The maximum absolute atomic E-state index is 11.9. The molecule has 0 aliphatic carbocycles. The highest BCUT2D eigenvalue weighted by molar-refractivity contribution is 9.10. The smallest absolute Gasteiger partial charge is 0.270 e. The highest BCUT2D eigenvalue weighted by Crippen LogP contribution is 2.14. The molecule has 3 N–H and O–H groups in total. The van der Waals surface area contributed by atoms with Gasteiger partial charge in [0, 0.05) is 27.9 Å². The summed E-state index contributed by atoms with van der Waals surface area (Å²) in [5.74, 6) is -0.534. The fourth-order valence-electron chi connectivity index (χ4n) is 1.64. The maximum atomic E-state index is 11.9. The number of thiocarbonyl (C=S) groups is 1. The van der Waals surface area contributed by atoms with Crippen LogP contribution in [0.5, 0.6) is 0 Å². The van der Waals surface area contributed by atoms with Crippen molar-refractivity contribution in [2.24, 2.45) is 0 Å². The Morgan fingerprint density at radius 3 is 2.48 bits per heavy atom. The minimum atomic E-state index is -0.566. The predicted octanol–water partition coefficient (Wildman–Crippen LogP) is 2.99. The number of halogens is 1. The van der Waals surface area contributed by atoms with Crippen molar-refractivity contribution in [1.82, 2.24) is 10.9 Å². The van der Waals surface area contributed by atoms with Crippen LogP contribution in [0.15, 0.2) is 53.0 Å². The quantitative estimate of drug-likeness (QED) is 0.420. The van der Waals surface area contributed by atoms with Gasteiger partial charge in [0.2, 0.25) is 0 Å². The molecule has 2 rings (SSSR count). The Morgan fingerprint density at radius 1 is 1.13 bits per heavy atom. The average molecular weight is 395 g/mol. The molecule has 0 aliphatic rings.